The average molecular weight is 333 g/mol. The van der Waals surface area contributed by atoms with Crippen molar-refractivity contribution in [2.45, 2.75) is 20.0 Å². The summed E-state index contributed by atoms with van der Waals surface area (Å²) in [5, 5.41) is 11.6. The van der Waals surface area contributed by atoms with Gasteiger partial charge in [-0.2, -0.15) is 0 Å². The van der Waals surface area contributed by atoms with Crippen molar-refractivity contribution >= 4 is 28.5 Å². The summed E-state index contributed by atoms with van der Waals surface area (Å²) in [6.45, 7) is 3.07. The monoisotopic (exact) mass is 333 g/mol. The second kappa shape index (κ2) is 9.02. The van der Waals surface area contributed by atoms with Gasteiger partial charge in [0.1, 0.15) is 17.4 Å². The van der Waals surface area contributed by atoms with Crippen LogP contribution in [0.5, 0.6) is 5.75 Å². The molecule has 2 rings (SSSR count). The van der Waals surface area contributed by atoms with E-state index in [1.807, 2.05) is 31.2 Å². The summed E-state index contributed by atoms with van der Waals surface area (Å²) in [5.74, 6) is 0.493. The van der Waals surface area contributed by atoms with Crippen LogP contribution in [0.2, 0.25) is 0 Å². The van der Waals surface area contributed by atoms with Crippen molar-refractivity contribution in [1.82, 2.24) is 10.2 Å². The quantitative estimate of drug-likeness (QED) is 0.751. The minimum Gasteiger partial charge on any atom is -0.493 e. The molecule has 0 radical (unpaired) electrons. The first-order chi connectivity index (χ1) is 11.2. The van der Waals surface area contributed by atoms with Crippen LogP contribution in [0, 0.1) is 0 Å². The van der Waals surface area contributed by atoms with Gasteiger partial charge in [-0.3, -0.25) is 10.1 Å². The highest BCUT2D eigenvalue weighted by molar-refractivity contribution is 7.15. The van der Waals surface area contributed by atoms with E-state index in [1.54, 1.807) is 13.2 Å². The molecule has 1 N–H and O–H groups in total. The molecule has 0 spiro atoms. The second-order valence-electron chi connectivity index (χ2n) is 4.64. The molecule has 0 saturated heterocycles. The van der Waals surface area contributed by atoms with Crippen molar-refractivity contribution < 1.29 is 14.3 Å². The van der Waals surface area contributed by atoms with Crippen LogP contribution in [0.1, 0.15) is 23.9 Å². The number of ether oxygens (including phenoxy) is 2. The predicted molar refractivity (Wildman–Crippen MR) is 90.5 cm³/mol. The van der Waals surface area contributed by atoms with E-state index in [1.165, 1.54) is 17.4 Å². The molecule has 0 saturated carbocycles. The number of hydrogen-bond acceptors (Lipinski definition) is 6. The fourth-order valence-electron chi connectivity index (χ4n) is 1.76. The Bertz CT molecular complexity index is 670. The number of carbonyl (C=O) groups is 1. The first-order valence-corrected chi connectivity index (χ1v) is 8.06. The van der Waals surface area contributed by atoms with E-state index < -0.39 is 0 Å². The van der Waals surface area contributed by atoms with Crippen molar-refractivity contribution in [3.8, 4) is 5.75 Å². The average Bonchev–Trinajstić information content (AvgIpc) is 2.99. The summed E-state index contributed by atoms with van der Waals surface area (Å²) >= 11 is 1.28. The van der Waals surface area contributed by atoms with Crippen LogP contribution in [0.3, 0.4) is 0 Å². The number of methoxy groups -OCH3 is 1. The zero-order valence-electron chi connectivity index (χ0n) is 13.1. The Morgan fingerprint density at radius 2 is 2.17 bits per heavy atom. The number of benzene rings is 1. The van der Waals surface area contributed by atoms with E-state index >= 15 is 0 Å². The SMILES string of the molecule is CCCOc1ccccc1/C=C/C(=O)Nc1nnc(COC)s1. The van der Waals surface area contributed by atoms with E-state index in [2.05, 4.69) is 15.5 Å². The Morgan fingerprint density at radius 3 is 2.96 bits per heavy atom. The molecule has 0 aliphatic rings. The molecule has 1 amide bonds. The van der Waals surface area contributed by atoms with Crippen LogP contribution in [-0.2, 0) is 16.1 Å². The molecule has 0 aliphatic heterocycles. The molecule has 2 aromatic rings. The number of nitrogens with one attached hydrogen (secondary N) is 1. The third-order valence-electron chi connectivity index (χ3n) is 2.76. The minimum absolute atomic E-state index is 0.268. The Morgan fingerprint density at radius 1 is 1.35 bits per heavy atom. The molecule has 0 atom stereocenters. The molecule has 6 nitrogen and oxygen atoms in total. The number of nitrogens with zero attached hydrogens (tertiary/aromatic N) is 2. The lowest BCUT2D eigenvalue weighted by molar-refractivity contribution is -0.111. The van der Waals surface area contributed by atoms with Crippen LogP contribution in [0.4, 0.5) is 5.13 Å². The van der Waals surface area contributed by atoms with Gasteiger partial charge in [0.25, 0.3) is 0 Å². The van der Waals surface area contributed by atoms with Crippen LogP contribution < -0.4 is 10.1 Å². The Labute approximate surface area is 139 Å². The molecule has 0 fully saturated rings. The normalized spacial score (nSPS) is 10.9. The molecule has 1 aromatic heterocycles. The van der Waals surface area contributed by atoms with Crippen LogP contribution in [0.25, 0.3) is 6.08 Å². The van der Waals surface area contributed by atoms with Crippen molar-refractivity contribution in [2.75, 3.05) is 19.0 Å². The van der Waals surface area contributed by atoms with Crippen LogP contribution >= 0.6 is 11.3 Å². The molecule has 122 valence electrons. The number of hydrogen-bond donors (Lipinski definition) is 1. The molecule has 0 unspecified atom stereocenters. The number of aromatic nitrogens is 2. The summed E-state index contributed by atoms with van der Waals surface area (Å²) in [4.78, 5) is 11.9. The van der Waals surface area contributed by atoms with Crippen molar-refractivity contribution in [3.63, 3.8) is 0 Å². The highest BCUT2D eigenvalue weighted by atomic mass is 32.1. The van der Waals surface area contributed by atoms with Gasteiger partial charge in [-0.25, -0.2) is 0 Å². The number of para-hydroxylation sites is 1. The van der Waals surface area contributed by atoms with Gasteiger partial charge in [0.15, 0.2) is 0 Å². The lowest BCUT2D eigenvalue weighted by Crippen LogP contribution is -2.07. The highest BCUT2D eigenvalue weighted by Gasteiger charge is 2.06. The van der Waals surface area contributed by atoms with Gasteiger partial charge in [0.2, 0.25) is 11.0 Å². The molecule has 0 bridgehead atoms. The molecule has 1 aromatic carbocycles. The number of rotatable bonds is 8. The molecular weight excluding hydrogens is 314 g/mol. The topological polar surface area (TPSA) is 73.3 Å². The first-order valence-electron chi connectivity index (χ1n) is 7.25. The Kier molecular flexibility index (Phi) is 6.71. The van der Waals surface area contributed by atoms with Crippen molar-refractivity contribution in [3.05, 3.63) is 40.9 Å². The zero-order valence-corrected chi connectivity index (χ0v) is 13.9. The van der Waals surface area contributed by atoms with E-state index in [0.29, 0.717) is 23.4 Å². The van der Waals surface area contributed by atoms with E-state index in [0.717, 1.165) is 17.7 Å². The van der Waals surface area contributed by atoms with Gasteiger partial charge in [-0.05, 0) is 18.6 Å². The van der Waals surface area contributed by atoms with Crippen molar-refractivity contribution in [1.29, 1.82) is 0 Å². The van der Waals surface area contributed by atoms with Gasteiger partial charge in [0, 0.05) is 18.7 Å². The van der Waals surface area contributed by atoms with Gasteiger partial charge in [-0.1, -0.05) is 36.5 Å². The maximum atomic E-state index is 11.9. The smallest absolute Gasteiger partial charge is 0.250 e. The van der Waals surface area contributed by atoms with Gasteiger partial charge >= 0.3 is 0 Å². The maximum absolute atomic E-state index is 11.9. The summed E-state index contributed by atoms with van der Waals surface area (Å²) in [6, 6.07) is 7.59. The van der Waals surface area contributed by atoms with E-state index in [-0.39, 0.29) is 5.91 Å². The number of carbonyl (C=O) groups excluding carboxylic acids is 1. The third kappa shape index (κ3) is 5.46. The van der Waals surface area contributed by atoms with E-state index in [9.17, 15) is 4.79 Å². The molecule has 0 aliphatic carbocycles. The Balaban J connectivity index is 1.97. The van der Waals surface area contributed by atoms with Gasteiger partial charge in [0.05, 0.1) is 6.61 Å². The number of anilines is 1. The Hall–Kier alpha value is -2.25. The second-order valence-corrected chi connectivity index (χ2v) is 5.70. The highest BCUT2D eigenvalue weighted by Crippen LogP contribution is 2.20. The van der Waals surface area contributed by atoms with Crippen LogP contribution in [0.15, 0.2) is 30.3 Å². The fourth-order valence-corrected chi connectivity index (χ4v) is 2.48. The lowest BCUT2D eigenvalue weighted by Gasteiger charge is -2.07. The summed E-state index contributed by atoms with van der Waals surface area (Å²) in [5.41, 5.74) is 0.855. The molecular formula is C16H19N3O3S. The largest absolute Gasteiger partial charge is 0.493 e. The predicted octanol–water partition coefficient (Wildman–Crippen LogP) is 3.13. The molecule has 23 heavy (non-hydrogen) atoms. The molecule has 1 heterocycles. The summed E-state index contributed by atoms with van der Waals surface area (Å²) in [6.07, 6.45) is 4.10. The minimum atomic E-state index is -0.268. The first kappa shape index (κ1) is 17.1. The molecule has 7 heteroatoms. The standard InChI is InChI=1S/C16H19N3O3S/c1-3-10-22-13-7-5-4-6-12(13)8-9-14(20)17-16-19-18-15(23-16)11-21-2/h4-9H,3,10-11H2,1-2H3,(H,17,19,20)/b9-8+. The van der Waals surface area contributed by atoms with Crippen molar-refractivity contribution in [2.24, 2.45) is 0 Å². The lowest BCUT2D eigenvalue weighted by atomic mass is 10.2. The number of amides is 1. The van der Waals surface area contributed by atoms with Gasteiger partial charge in [-0.15, -0.1) is 10.2 Å². The summed E-state index contributed by atoms with van der Waals surface area (Å²) < 4.78 is 10.6. The maximum Gasteiger partial charge on any atom is 0.250 e. The summed E-state index contributed by atoms with van der Waals surface area (Å²) in [7, 11) is 1.58. The van der Waals surface area contributed by atoms with Crippen LogP contribution in [-0.4, -0.2) is 29.8 Å². The van der Waals surface area contributed by atoms with E-state index in [4.69, 9.17) is 9.47 Å². The zero-order chi connectivity index (χ0) is 16.5. The third-order valence-corrected chi connectivity index (χ3v) is 3.57. The van der Waals surface area contributed by atoms with Gasteiger partial charge < -0.3 is 9.47 Å². The fraction of sp³-hybridized carbons (Fsp3) is 0.312.